The van der Waals surface area contributed by atoms with Gasteiger partial charge in [0.25, 0.3) is 0 Å². The lowest BCUT2D eigenvalue weighted by molar-refractivity contribution is -0.120. The number of nitrogens with zero attached hydrogens (tertiary/aromatic N) is 1. The Morgan fingerprint density at radius 1 is 1.60 bits per heavy atom. The maximum absolute atomic E-state index is 12.1. The molecule has 3 nitrogen and oxygen atoms in total. The number of anilines is 1. The predicted octanol–water partition coefficient (Wildman–Crippen LogP) is 1.85. The second-order valence-corrected chi connectivity index (χ2v) is 4.78. The van der Waals surface area contributed by atoms with Crippen molar-refractivity contribution < 1.29 is 4.79 Å². The van der Waals surface area contributed by atoms with Gasteiger partial charge in [0.2, 0.25) is 5.91 Å². The highest BCUT2D eigenvalue weighted by Gasteiger charge is 2.24. The molecule has 0 aromatic carbocycles. The zero-order valence-electron chi connectivity index (χ0n) is 8.90. The normalized spacial score (nSPS) is 21.3. The monoisotopic (exact) mass is 224 g/mol. The van der Waals surface area contributed by atoms with Crippen molar-refractivity contribution in [1.82, 2.24) is 5.32 Å². The topological polar surface area (TPSA) is 32.3 Å². The van der Waals surface area contributed by atoms with Crippen molar-refractivity contribution in [3.63, 3.8) is 0 Å². The Kier molecular flexibility index (Phi) is 3.38. The third kappa shape index (κ3) is 2.38. The van der Waals surface area contributed by atoms with Crippen molar-refractivity contribution >= 4 is 22.2 Å². The van der Waals surface area contributed by atoms with E-state index >= 15 is 0 Å². The van der Waals surface area contributed by atoms with E-state index < -0.39 is 0 Å². The number of carbonyl (C=O) groups excluding carboxylic acids is 1. The molecule has 1 unspecified atom stereocenters. The van der Waals surface area contributed by atoms with Crippen LogP contribution in [-0.4, -0.2) is 25.5 Å². The number of thiophene rings is 1. The maximum Gasteiger partial charge on any atom is 0.244 e. The molecule has 2 rings (SSSR count). The van der Waals surface area contributed by atoms with Crippen LogP contribution in [-0.2, 0) is 4.79 Å². The number of nitrogens with one attached hydrogen (secondary N) is 1. The molecule has 15 heavy (non-hydrogen) atoms. The van der Waals surface area contributed by atoms with Crippen LogP contribution < -0.4 is 10.2 Å². The number of piperidine rings is 1. The summed E-state index contributed by atoms with van der Waals surface area (Å²) in [5, 5.41) is 6.29. The number of carbonyl (C=O) groups is 1. The van der Waals surface area contributed by atoms with Gasteiger partial charge < -0.3 is 10.2 Å². The first-order valence-electron chi connectivity index (χ1n) is 5.33. The Labute approximate surface area is 94.1 Å². The molecular weight excluding hydrogens is 208 g/mol. The third-order valence-corrected chi connectivity index (χ3v) is 3.72. The first-order chi connectivity index (χ1) is 7.29. The van der Waals surface area contributed by atoms with Crippen LogP contribution in [0.5, 0.6) is 0 Å². The smallest absolute Gasteiger partial charge is 0.244 e. The molecule has 1 amide bonds. The predicted molar refractivity (Wildman–Crippen MR) is 63.4 cm³/mol. The Morgan fingerprint density at radius 3 is 3.07 bits per heavy atom. The lowest BCUT2D eigenvalue weighted by atomic mass is 10.0. The Morgan fingerprint density at radius 2 is 2.47 bits per heavy atom. The molecule has 0 saturated carbocycles. The van der Waals surface area contributed by atoms with Crippen LogP contribution in [0.25, 0.3) is 0 Å². The van der Waals surface area contributed by atoms with Crippen LogP contribution in [0.1, 0.15) is 19.3 Å². The molecule has 1 aromatic heterocycles. The molecule has 1 N–H and O–H groups in total. The minimum atomic E-state index is 0.0193. The fourth-order valence-corrected chi connectivity index (χ4v) is 2.57. The Bertz CT molecular complexity index is 317. The lowest BCUT2D eigenvalue weighted by Gasteiger charge is -2.26. The van der Waals surface area contributed by atoms with Gasteiger partial charge in [0, 0.05) is 7.05 Å². The van der Waals surface area contributed by atoms with E-state index in [1.165, 1.54) is 6.42 Å². The summed E-state index contributed by atoms with van der Waals surface area (Å²) in [5.74, 6) is 0.192. The van der Waals surface area contributed by atoms with Crippen molar-refractivity contribution in [3.8, 4) is 0 Å². The third-order valence-electron chi connectivity index (χ3n) is 2.78. The minimum Gasteiger partial charge on any atom is -0.306 e. The van der Waals surface area contributed by atoms with Crippen molar-refractivity contribution in [1.29, 1.82) is 0 Å². The molecule has 1 aromatic rings. The van der Waals surface area contributed by atoms with E-state index in [1.807, 2.05) is 24.6 Å². The van der Waals surface area contributed by atoms with E-state index in [0.717, 1.165) is 24.4 Å². The van der Waals surface area contributed by atoms with E-state index in [4.69, 9.17) is 0 Å². The molecule has 2 heterocycles. The molecule has 0 aliphatic carbocycles. The van der Waals surface area contributed by atoms with Gasteiger partial charge in [-0.05, 0) is 36.9 Å². The van der Waals surface area contributed by atoms with Gasteiger partial charge in [-0.2, -0.15) is 0 Å². The average molecular weight is 224 g/mol. The first-order valence-corrected chi connectivity index (χ1v) is 6.21. The van der Waals surface area contributed by atoms with E-state index in [0.29, 0.717) is 0 Å². The number of rotatable bonds is 2. The number of likely N-dealkylation sites (N-methyl/N-ethyl adjacent to an activating group) is 1. The molecule has 0 spiro atoms. The molecule has 1 aliphatic rings. The molecule has 1 saturated heterocycles. The van der Waals surface area contributed by atoms with Gasteiger partial charge in [-0.25, -0.2) is 0 Å². The van der Waals surface area contributed by atoms with E-state index in [9.17, 15) is 4.79 Å². The summed E-state index contributed by atoms with van der Waals surface area (Å²) in [6, 6.07) is 3.97. The van der Waals surface area contributed by atoms with Crippen LogP contribution in [0, 0.1) is 0 Å². The highest BCUT2D eigenvalue weighted by molar-refractivity contribution is 7.14. The zero-order valence-corrected chi connectivity index (χ0v) is 9.72. The minimum absolute atomic E-state index is 0.0193. The summed E-state index contributed by atoms with van der Waals surface area (Å²) in [5.41, 5.74) is 0. The average Bonchev–Trinajstić information content (AvgIpc) is 2.82. The van der Waals surface area contributed by atoms with E-state index in [-0.39, 0.29) is 11.9 Å². The van der Waals surface area contributed by atoms with Gasteiger partial charge in [-0.1, -0.05) is 6.42 Å². The van der Waals surface area contributed by atoms with Crippen LogP contribution >= 0.6 is 11.3 Å². The molecule has 0 bridgehead atoms. The first kappa shape index (κ1) is 10.6. The number of hydrogen-bond acceptors (Lipinski definition) is 3. The number of amides is 1. The Hall–Kier alpha value is -0.870. The quantitative estimate of drug-likeness (QED) is 0.831. The van der Waals surface area contributed by atoms with E-state index in [1.54, 1.807) is 16.2 Å². The van der Waals surface area contributed by atoms with Crippen LogP contribution in [0.4, 0.5) is 5.00 Å². The number of hydrogen-bond donors (Lipinski definition) is 1. The van der Waals surface area contributed by atoms with E-state index in [2.05, 4.69) is 5.32 Å². The molecule has 82 valence electrons. The highest BCUT2D eigenvalue weighted by Crippen LogP contribution is 2.21. The molecule has 1 aliphatic heterocycles. The molecule has 4 heteroatoms. The van der Waals surface area contributed by atoms with Crippen LogP contribution in [0.15, 0.2) is 17.5 Å². The van der Waals surface area contributed by atoms with Crippen molar-refractivity contribution in [2.75, 3.05) is 18.5 Å². The van der Waals surface area contributed by atoms with Crippen molar-refractivity contribution in [3.05, 3.63) is 17.5 Å². The largest absolute Gasteiger partial charge is 0.306 e. The van der Waals surface area contributed by atoms with Gasteiger partial charge in [-0.3, -0.25) is 4.79 Å². The summed E-state index contributed by atoms with van der Waals surface area (Å²) in [4.78, 5) is 13.8. The van der Waals surface area contributed by atoms with Crippen molar-refractivity contribution in [2.24, 2.45) is 0 Å². The summed E-state index contributed by atoms with van der Waals surface area (Å²) >= 11 is 1.60. The second-order valence-electron chi connectivity index (χ2n) is 3.85. The van der Waals surface area contributed by atoms with Gasteiger partial charge in [0.1, 0.15) is 0 Å². The Balaban J connectivity index is 2.00. The summed E-state index contributed by atoms with van der Waals surface area (Å²) in [7, 11) is 1.85. The highest BCUT2D eigenvalue weighted by atomic mass is 32.1. The van der Waals surface area contributed by atoms with Gasteiger partial charge >= 0.3 is 0 Å². The van der Waals surface area contributed by atoms with Crippen LogP contribution in [0.3, 0.4) is 0 Å². The molecule has 1 fully saturated rings. The summed E-state index contributed by atoms with van der Waals surface area (Å²) < 4.78 is 0. The molecular formula is C11H16N2OS. The SMILES string of the molecule is CN(C(=O)C1CCCCN1)c1cccs1. The lowest BCUT2D eigenvalue weighted by Crippen LogP contribution is -2.47. The van der Waals surface area contributed by atoms with Crippen LogP contribution in [0.2, 0.25) is 0 Å². The van der Waals surface area contributed by atoms with Crippen molar-refractivity contribution in [2.45, 2.75) is 25.3 Å². The maximum atomic E-state index is 12.1. The summed E-state index contributed by atoms with van der Waals surface area (Å²) in [6.07, 6.45) is 3.31. The van der Waals surface area contributed by atoms with Gasteiger partial charge in [0.15, 0.2) is 0 Å². The molecule has 1 atom stereocenters. The van der Waals surface area contributed by atoms with Gasteiger partial charge in [0.05, 0.1) is 11.0 Å². The molecule has 0 radical (unpaired) electrons. The fraction of sp³-hybridized carbons (Fsp3) is 0.545. The van der Waals surface area contributed by atoms with Gasteiger partial charge in [-0.15, -0.1) is 11.3 Å². The second kappa shape index (κ2) is 4.77. The fourth-order valence-electron chi connectivity index (χ4n) is 1.87. The zero-order chi connectivity index (χ0) is 10.7. The summed E-state index contributed by atoms with van der Waals surface area (Å²) in [6.45, 7) is 0.967. The standard InChI is InChI=1S/C11H16N2OS/c1-13(10-6-4-8-15-10)11(14)9-5-2-3-7-12-9/h4,6,8-9,12H,2-3,5,7H2,1H3.